The number of aromatic carboxylic acids is 1. The van der Waals surface area contributed by atoms with Crippen LogP contribution in [0.25, 0.3) is 0 Å². The fourth-order valence-corrected chi connectivity index (χ4v) is 2.13. The summed E-state index contributed by atoms with van der Waals surface area (Å²) in [6.45, 7) is 6.11. The maximum Gasteiger partial charge on any atom is 0.338 e. The van der Waals surface area contributed by atoms with Gasteiger partial charge in [0, 0.05) is 6.20 Å². The number of carbonyl (C=O) groups is 1. The Bertz CT molecular complexity index is 683. The number of rotatable bonds is 4. The van der Waals surface area contributed by atoms with Crippen LogP contribution in [0.5, 0.6) is 11.6 Å². The molecule has 0 aliphatic rings. The maximum atomic E-state index is 13.9. The lowest BCUT2D eigenvalue weighted by Crippen LogP contribution is -2.03. The lowest BCUT2D eigenvalue weighted by Gasteiger charge is -2.12. The Morgan fingerprint density at radius 1 is 1.33 bits per heavy atom. The molecule has 0 aliphatic carbocycles. The normalized spacial score (nSPS) is 10.7. The molecule has 0 bridgehead atoms. The van der Waals surface area contributed by atoms with Crippen molar-refractivity contribution in [3.63, 3.8) is 0 Å². The van der Waals surface area contributed by atoms with Crippen LogP contribution in [0.3, 0.4) is 0 Å². The van der Waals surface area contributed by atoms with E-state index in [2.05, 4.69) is 18.8 Å². The number of nitrogens with zero attached hydrogens (tertiary/aromatic N) is 1. The van der Waals surface area contributed by atoms with Crippen LogP contribution in [0.1, 0.15) is 41.3 Å². The van der Waals surface area contributed by atoms with Gasteiger partial charge >= 0.3 is 5.97 Å². The van der Waals surface area contributed by atoms with Crippen molar-refractivity contribution in [3.05, 3.63) is 53.0 Å². The zero-order valence-electron chi connectivity index (χ0n) is 12.1. The standard InChI is InChI=1S/C16H16FNO3/c1-9(2)12-5-4-11(8-10(12)3)21-15-14(17)13(16(19)20)6-7-18-15/h4-9H,1-3H3,(H,19,20). The number of aryl methyl sites for hydroxylation is 1. The van der Waals surface area contributed by atoms with Crippen molar-refractivity contribution in [2.24, 2.45) is 0 Å². The molecule has 5 heteroatoms. The van der Waals surface area contributed by atoms with Crippen LogP contribution in [0.4, 0.5) is 4.39 Å². The Balaban J connectivity index is 2.33. The van der Waals surface area contributed by atoms with Crippen LogP contribution in [0, 0.1) is 12.7 Å². The third kappa shape index (κ3) is 3.18. The molecule has 1 heterocycles. The van der Waals surface area contributed by atoms with E-state index in [4.69, 9.17) is 9.84 Å². The molecule has 2 aromatic rings. The second kappa shape index (κ2) is 5.91. The van der Waals surface area contributed by atoms with Gasteiger partial charge < -0.3 is 9.84 Å². The summed E-state index contributed by atoms with van der Waals surface area (Å²) in [6.07, 6.45) is 1.21. The third-order valence-corrected chi connectivity index (χ3v) is 3.17. The van der Waals surface area contributed by atoms with E-state index in [1.165, 1.54) is 11.8 Å². The number of benzene rings is 1. The van der Waals surface area contributed by atoms with E-state index in [1.807, 2.05) is 13.0 Å². The second-order valence-electron chi connectivity index (χ2n) is 5.06. The van der Waals surface area contributed by atoms with E-state index in [0.29, 0.717) is 11.7 Å². The maximum absolute atomic E-state index is 13.9. The molecule has 2 rings (SSSR count). The molecule has 21 heavy (non-hydrogen) atoms. The van der Waals surface area contributed by atoms with Crippen molar-refractivity contribution in [3.8, 4) is 11.6 Å². The van der Waals surface area contributed by atoms with Gasteiger partial charge in [-0.2, -0.15) is 0 Å². The number of carboxylic acid groups (broad SMARTS) is 1. The first-order valence-electron chi connectivity index (χ1n) is 6.56. The number of carboxylic acids is 1. The molecular weight excluding hydrogens is 273 g/mol. The van der Waals surface area contributed by atoms with Gasteiger partial charge in [0.05, 0.1) is 0 Å². The van der Waals surface area contributed by atoms with Gasteiger partial charge in [-0.15, -0.1) is 0 Å². The van der Waals surface area contributed by atoms with Crippen LogP contribution in [0.2, 0.25) is 0 Å². The van der Waals surface area contributed by atoms with Crippen molar-refractivity contribution in [1.82, 2.24) is 4.98 Å². The van der Waals surface area contributed by atoms with Crippen molar-refractivity contribution in [2.75, 3.05) is 0 Å². The zero-order chi connectivity index (χ0) is 15.6. The molecule has 110 valence electrons. The lowest BCUT2D eigenvalue weighted by atomic mass is 9.98. The molecule has 1 aromatic heterocycles. The highest BCUT2D eigenvalue weighted by atomic mass is 19.1. The quantitative estimate of drug-likeness (QED) is 0.918. The highest BCUT2D eigenvalue weighted by molar-refractivity contribution is 5.88. The molecule has 0 atom stereocenters. The smallest absolute Gasteiger partial charge is 0.338 e. The Kier molecular flexibility index (Phi) is 4.21. The topological polar surface area (TPSA) is 59.4 Å². The van der Waals surface area contributed by atoms with Crippen LogP contribution in [-0.2, 0) is 0 Å². The SMILES string of the molecule is Cc1cc(Oc2nccc(C(=O)O)c2F)ccc1C(C)C. The Labute approximate surface area is 122 Å². The molecular formula is C16H16FNO3. The number of ether oxygens (including phenoxy) is 1. The van der Waals surface area contributed by atoms with Crippen LogP contribution in [0.15, 0.2) is 30.5 Å². The first-order valence-corrected chi connectivity index (χ1v) is 6.56. The monoisotopic (exact) mass is 289 g/mol. The number of hydrogen-bond donors (Lipinski definition) is 1. The molecule has 1 N–H and O–H groups in total. The number of halogens is 1. The Morgan fingerprint density at radius 2 is 2.05 bits per heavy atom. The predicted octanol–water partition coefficient (Wildman–Crippen LogP) is 4.14. The summed E-state index contributed by atoms with van der Waals surface area (Å²) in [5.74, 6) is -1.87. The minimum Gasteiger partial charge on any atom is -0.478 e. The third-order valence-electron chi connectivity index (χ3n) is 3.17. The molecule has 1 aromatic carbocycles. The van der Waals surface area contributed by atoms with Gasteiger partial charge in [-0.1, -0.05) is 19.9 Å². The van der Waals surface area contributed by atoms with Gasteiger partial charge in [-0.25, -0.2) is 14.2 Å². The minimum atomic E-state index is -1.36. The van der Waals surface area contributed by atoms with Crippen molar-refractivity contribution in [1.29, 1.82) is 0 Å². The van der Waals surface area contributed by atoms with Gasteiger partial charge in [-0.3, -0.25) is 0 Å². The van der Waals surface area contributed by atoms with E-state index in [9.17, 15) is 9.18 Å². The van der Waals surface area contributed by atoms with Gasteiger partial charge in [-0.05, 0) is 42.2 Å². The lowest BCUT2D eigenvalue weighted by molar-refractivity contribution is 0.0690. The van der Waals surface area contributed by atoms with Gasteiger partial charge in [0.1, 0.15) is 11.3 Å². The second-order valence-corrected chi connectivity index (χ2v) is 5.06. The summed E-state index contributed by atoms with van der Waals surface area (Å²) in [5, 5.41) is 8.87. The number of pyridine rings is 1. The predicted molar refractivity (Wildman–Crippen MR) is 76.5 cm³/mol. The van der Waals surface area contributed by atoms with E-state index in [-0.39, 0.29) is 5.88 Å². The van der Waals surface area contributed by atoms with Crippen molar-refractivity contribution >= 4 is 5.97 Å². The summed E-state index contributed by atoms with van der Waals surface area (Å²) >= 11 is 0. The van der Waals surface area contributed by atoms with Gasteiger partial charge in [0.15, 0.2) is 5.82 Å². The fraction of sp³-hybridized carbons (Fsp3) is 0.250. The average Bonchev–Trinajstić information content (AvgIpc) is 2.40. The summed E-state index contributed by atoms with van der Waals surface area (Å²) in [4.78, 5) is 14.6. The fourth-order valence-electron chi connectivity index (χ4n) is 2.13. The summed E-state index contributed by atoms with van der Waals surface area (Å²) in [7, 11) is 0. The first kappa shape index (κ1) is 15.0. The summed E-state index contributed by atoms with van der Waals surface area (Å²) < 4.78 is 19.3. The minimum absolute atomic E-state index is 0.341. The zero-order valence-corrected chi connectivity index (χ0v) is 12.1. The molecule has 0 saturated heterocycles. The molecule has 0 aliphatic heterocycles. The van der Waals surface area contributed by atoms with E-state index < -0.39 is 17.3 Å². The number of hydrogen-bond acceptors (Lipinski definition) is 3. The summed E-state index contributed by atoms with van der Waals surface area (Å²) in [6, 6.07) is 6.51. The van der Waals surface area contributed by atoms with Crippen molar-refractivity contribution < 1.29 is 19.0 Å². The number of aromatic nitrogens is 1. The largest absolute Gasteiger partial charge is 0.478 e. The summed E-state index contributed by atoms with van der Waals surface area (Å²) in [5.41, 5.74) is 1.74. The van der Waals surface area contributed by atoms with Crippen LogP contribution < -0.4 is 4.74 Å². The van der Waals surface area contributed by atoms with E-state index >= 15 is 0 Å². The van der Waals surface area contributed by atoms with Crippen LogP contribution >= 0.6 is 0 Å². The molecule has 0 unspecified atom stereocenters. The average molecular weight is 289 g/mol. The molecule has 0 amide bonds. The Morgan fingerprint density at radius 3 is 2.62 bits per heavy atom. The van der Waals surface area contributed by atoms with Crippen molar-refractivity contribution in [2.45, 2.75) is 26.7 Å². The Hall–Kier alpha value is -2.43. The van der Waals surface area contributed by atoms with Gasteiger partial charge in [0.25, 0.3) is 5.88 Å². The van der Waals surface area contributed by atoms with E-state index in [1.54, 1.807) is 12.1 Å². The highest BCUT2D eigenvalue weighted by Crippen LogP contribution is 2.28. The van der Waals surface area contributed by atoms with Crippen LogP contribution in [-0.4, -0.2) is 16.1 Å². The molecule has 4 nitrogen and oxygen atoms in total. The highest BCUT2D eigenvalue weighted by Gasteiger charge is 2.17. The first-order chi connectivity index (χ1) is 9.90. The molecule has 0 radical (unpaired) electrons. The molecule has 0 spiro atoms. The van der Waals surface area contributed by atoms with E-state index in [0.717, 1.165) is 11.6 Å². The molecule has 0 saturated carbocycles. The molecule has 0 fully saturated rings. The van der Waals surface area contributed by atoms with Gasteiger partial charge in [0.2, 0.25) is 0 Å².